The van der Waals surface area contributed by atoms with Crippen molar-refractivity contribution in [1.29, 1.82) is 0 Å². The predicted octanol–water partition coefficient (Wildman–Crippen LogP) is 1.34. The van der Waals surface area contributed by atoms with Gasteiger partial charge in [0.1, 0.15) is 11.6 Å². The van der Waals surface area contributed by atoms with Crippen LogP contribution in [0.5, 0.6) is 5.75 Å². The van der Waals surface area contributed by atoms with Crippen LogP contribution in [-0.4, -0.2) is 44.1 Å². The molecular formula is C13H19FN2O4S. The van der Waals surface area contributed by atoms with E-state index in [1.807, 2.05) is 0 Å². The van der Waals surface area contributed by atoms with Crippen LogP contribution < -0.4 is 9.46 Å². The van der Waals surface area contributed by atoms with Crippen LogP contribution in [-0.2, 0) is 10.2 Å². The average molecular weight is 318 g/mol. The molecule has 1 atom stereocenters. The fourth-order valence-electron chi connectivity index (χ4n) is 2.42. The van der Waals surface area contributed by atoms with Crippen LogP contribution in [0.25, 0.3) is 0 Å². The van der Waals surface area contributed by atoms with Gasteiger partial charge in [-0.3, -0.25) is 4.72 Å². The van der Waals surface area contributed by atoms with Gasteiger partial charge in [-0.15, -0.1) is 0 Å². The van der Waals surface area contributed by atoms with Crippen molar-refractivity contribution in [3.63, 3.8) is 0 Å². The minimum absolute atomic E-state index is 0.108. The Morgan fingerprint density at radius 3 is 2.90 bits per heavy atom. The molecule has 1 saturated heterocycles. The number of methoxy groups -OCH3 is 1. The van der Waals surface area contributed by atoms with Gasteiger partial charge in [0.25, 0.3) is 0 Å². The second-order valence-electron chi connectivity index (χ2n) is 4.89. The third-order valence-electron chi connectivity index (χ3n) is 3.50. The van der Waals surface area contributed by atoms with Crippen molar-refractivity contribution in [3.8, 4) is 5.75 Å². The highest BCUT2D eigenvalue weighted by atomic mass is 32.2. The van der Waals surface area contributed by atoms with E-state index < -0.39 is 22.1 Å². The molecular weight excluding hydrogens is 299 g/mol. The summed E-state index contributed by atoms with van der Waals surface area (Å²) in [4.78, 5) is 0. The normalized spacial score (nSPS) is 20.2. The second kappa shape index (κ2) is 6.59. The summed E-state index contributed by atoms with van der Waals surface area (Å²) in [5, 5.41) is 9.32. The minimum atomic E-state index is -3.82. The Morgan fingerprint density at radius 2 is 2.24 bits per heavy atom. The zero-order valence-electron chi connectivity index (χ0n) is 11.8. The van der Waals surface area contributed by atoms with Gasteiger partial charge in [-0.25, -0.2) is 4.39 Å². The summed E-state index contributed by atoms with van der Waals surface area (Å²) in [6.07, 6.45) is 2.26. The van der Waals surface area contributed by atoms with Gasteiger partial charge in [0.2, 0.25) is 0 Å². The van der Waals surface area contributed by atoms with Crippen LogP contribution in [0.1, 0.15) is 19.3 Å². The summed E-state index contributed by atoms with van der Waals surface area (Å²) in [6.45, 7) is 0.130. The lowest BCUT2D eigenvalue weighted by molar-refractivity contribution is 0.156. The Hall–Kier alpha value is -1.38. The lowest BCUT2D eigenvalue weighted by Gasteiger charge is -2.33. The number of nitrogens with one attached hydrogen (secondary N) is 1. The lowest BCUT2D eigenvalue weighted by Crippen LogP contribution is -2.47. The van der Waals surface area contributed by atoms with E-state index in [9.17, 15) is 17.9 Å². The molecule has 0 spiro atoms. The zero-order valence-corrected chi connectivity index (χ0v) is 12.6. The van der Waals surface area contributed by atoms with E-state index in [1.165, 1.54) is 17.5 Å². The number of aliphatic hydroxyl groups is 1. The smallest absolute Gasteiger partial charge is 0.302 e. The highest BCUT2D eigenvalue weighted by Gasteiger charge is 2.32. The van der Waals surface area contributed by atoms with Gasteiger partial charge in [-0.2, -0.15) is 12.7 Å². The molecule has 1 fully saturated rings. The number of ether oxygens (including phenoxy) is 1. The van der Waals surface area contributed by atoms with Crippen LogP contribution in [0.15, 0.2) is 18.2 Å². The molecule has 8 heteroatoms. The number of hydrogen-bond acceptors (Lipinski definition) is 4. The van der Waals surface area contributed by atoms with Crippen molar-refractivity contribution in [3.05, 3.63) is 24.0 Å². The number of aliphatic hydroxyl groups excluding tert-OH is 1. The summed E-state index contributed by atoms with van der Waals surface area (Å²) < 4.78 is 46.6. The van der Waals surface area contributed by atoms with E-state index >= 15 is 0 Å². The molecule has 0 radical (unpaired) electrons. The first-order valence-corrected chi connectivity index (χ1v) is 8.16. The van der Waals surface area contributed by atoms with Crippen molar-refractivity contribution in [2.75, 3.05) is 25.0 Å². The van der Waals surface area contributed by atoms with Crippen molar-refractivity contribution in [1.82, 2.24) is 4.31 Å². The Morgan fingerprint density at radius 1 is 1.48 bits per heavy atom. The Bertz CT molecular complexity index is 594. The maximum atomic E-state index is 13.1. The van der Waals surface area contributed by atoms with Crippen LogP contribution in [0, 0.1) is 5.82 Å². The molecule has 0 aromatic heterocycles. The summed E-state index contributed by atoms with van der Waals surface area (Å²) in [5.41, 5.74) is 0.168. The molecule has 1 aliphatic rings. The number of anilines is 1. The quantitative estimate of drug-likeness (QED) is 0.859. The van der Waals surface area contributed by atoms with Crippen LogP contribution in [0.2, 0.25) is 0 Å². The maximum absolute atomic E-state index is 13.1. The Labute approximate surface area is 123 Å². The molecule has 0 aliphatic carbocycles. The van der Waals surface area contributed by atoms with Crippen LogP contribution in [0.4, 0.5) is 10.1 Å². The van der Waals surface area contributed by atoms with Crippen molar-refractivity contribution in [2.24, 2.45) is 0 Å². The fraction of sp³-hybridized carbons (Fsp3) is 0.538. The minimum Gasteiger partial charge on any atom is -0.494 e. The molecule has 0 saturated carbocycles. The second-order valence-corrected chi connectivity index (χ2v) is 6.52. The van der Waals surface area contributed by atoms with Crippen molar-refractivity contribution in [2.45, 2.75) is 25.3 Å². The van der Waals surface area contributed by atoms with Crippen LogP contribution >= 0.6 is 0 Å². The SMILES string of the molecule is COc1cc(F)ccc1NS(=O)(=O)N1CCCCC1CO. The van der Waals surface area contributed by atoms with Gasteiger partial charge in [0.15, 0.2) is 0 Å². The first kappa shape index (κ1) is 16.0. The molecule has 118 valence electrons. The molecule has 1 aromatic carbocycles. The lowest BCUT2D eigenvalue weighted by atomic mass is 10.1. The number of nitrogens with zero attached hydrogens (tertiary/aromatic N) is 1. The summed E-state index contributed by atoms with van der Waals surface area (Å²) in [6, 6.07) is 3.14. The largest absolute Gasteiger partial charge is 0.494 e. The van der Waals surface area contributed by atoms with Gasteiger partial charge >= 0.3 is 10.2 Å². The molecule has 21 heavy (non-hydrogen) atoms. The Balaban J connectivity index is 2.24. The average Bonchev–Trinajstić information content (AvgIpc) is 2.48. The van der Waals surface area contributed by atoms with Crippen LogP contribution in [0.3, 0.4) is 0 Å². The third kappa shape index (κ3) is 3.63. The number of rotatable bonds is 5. The number of halogens is 1. The zero-order chi connectivity index (χ0) is 15.5. The topological polar surface area (TPSA) is 78.9 Å². The molecule has 2 rings (SSSR count). The molecule has 0 amide bonds. The number of benzene rings is 1. The third-order valence-corrected chi connectivity index (χ3v) is 5.07. The molecule has 1 aliphatic heterocycles. The molecule has 2 N–H and O–H groups in total. The van der Waals surface area contributed by atoms with Crippen molar-refractivity contribution >= 4 is 15.9 Å². The molecule has 1 heterocycles. The van der Waals surface area contributed by atoms with E-state index in [-0.39, 0.29) is 18.0 Å². The number of hydrogen-bond donors (Lipinski definition) is 2. The van der Waals surface area contributed by atoms with Gasteiger partial charge in [-0.1, -0.05) is 6.42 Å². The monoisotopic (exact) mass is 318 g/mol. The van der Waals surface area contributed by atoms with E-state index in [1.54, 1.807) is 0 Å². The summed E-state index contributed by atoms with van der Waals surface area (Å²) in [5.74, 6) is -0.405. The summed E-state index contributed by atoms with van der Waals surface area (Å²) in [7, 11) is -2.48. The van der Waals surface area contributed by atoms with Gasteiger partial charge in [-0.05, 0) is 25.0 Å². The number of piperidine rings is 1. The Kier molecular flexibility index (Phi) is 5.02. The highest BCUT2D eigenvalue weighted by Crippen LogP contribution is 2.28. The van der Waals surface area contributed by atoms with Crippen molar-refractivity contribution < 1.29 is 22.7 Å². The van der Waals surface area contributed by atoms with Gasteiger partial charge in [0.05, 0.1) is 19.4 Å². The van der Waals surface area contributed by atoms with E-state index in [0.29, 0.717) is 13.0 Å². The maximum Gasteiger partial charge on any atom is 0.302 e. The molecule has 0 bridgehead atoms. The van der Waals surface area contributed by atoms with E-state index in [4.69, 9.17) is 4.74 Å². The first-order valence-electron chi connectivity index (χ1n) is 6.72. The molecule has 1 unspecified atom stereocenters. The van der Waals surface area contributed by atoms with E-state index in [0.717, 1.165) is 25.0 Å². The predicted molar refractivity (Wildman–Crippen MR) is 76.9 cm³/mol. The van der Waals surface area contributed by atoms with E-state index in [2.05, 4.69) is 4.72 Å². The fourth-order valence-corrected chi connectivity index (χ4v) is 3.92. The highest BCUT2D eigenvalue weighted by molar-refractivity contribution is 7.90. The molecule has 1 aromatic rings. The van der Waals surface area contributed by atoms with Gasteiger partial charge in [0, 0.05) is 18.7 Å². The first-order chi connectivity index (χ1) is 9.97. The molecule has 6 nitrogen and oxygen atoms in total. The standard InChI is InChI=1S/C13H19FN2O4S/c1-20-13-8-10(14)5-6-12(13)15-21(18,19)16-7-3-2-4-11(16)9-17/h5-6,8,11,15,17H,2-4,7,9H2,1H3. The van der Waals surface area contributed by atoms with Gasteiger partial charge < -0.3 is 9.84 Å². The summed E-state index contributed by atoms with van der Waals surface area (Å²) >= 11 is 0.